The number of rotatable bonds is 4. The molecule has 2 fully saturated rings. The number of carbonyl (C=O) groups excluding carboxylic acids is 2. The Hall–Kier alpha value is -2.68. The van der Waals surface area contributed by atoms with Crippen LogP contribution in [0.25, 0.3) is 0 Å². The van der Waals surface area contributed by atoms with Crippen LogP contribution in [0.4, 0.5) is 0 Å². The molecule has 1 aromatic rings. The van der Waals surface area contributed by atoms with E-state index in [0.717, 1.165) is 4.90 Å². The smallest absolute Gasteiger partial charge is 0.330 e. The van der Waals surface area contributed by atoms with Gasteiger partial charge in [-0.15, -0.1) is 0 Å². The summed E-state index contributed by atoms with van der Waals surface area (Å²) in [5.41, 5.74) is 0.651. The third-order valence-electron chi connectivity index (χ3n) is 4.26. The molecule has 2 aliphatic rings. The standard InChI is InChI=1S/C16H16N2O6S/c1-9-8-25(23,24)15-12(14(20)18(15)13(9)16(21)22)17-11(19)7-10-5-3-2-4-6-10/h2-6,12-13,15H,1,7-8H2,(H,17,19)(H,21,22)/t12-,13-,15-/m1/s1. The molecule has 3 atom stereocenters. The van der Waals surface area contributed by atoms with Crippen molar-refractivity contribution >= 4 is 27.6 Å². The fourth-order valence-corrected chi connectivity index (χ4v) is 5.21. The fourth-order valence-electron chi connectivity index (χ4n) is 3.19. The highest BCUT2D eigenvalue weighted by atomic mass is 32.2. The van der Waals surface area contributed by atoms with Crippen LogP contribution in [0.5, 0.6) is 0 Å². The molecule has 9 heteroatoms. The number of β-lactam (4-membered cyclic amide) rings is 1. The van der Waals surface area contributed by atoms with E-state index in [0.29, 0.717) is 5.56 Å². The van der Waals surface area contributed by atoms with Gasteiger partial charge in [-0.3, -0.25) is 9.59 Å². The summed E-state index contributed by atoms with van der Waals surface area (Å²) >= 11 is 0. The van der Waals surface area contributed by atoms with Crippen LogP contribution in [0.15, 0.2) is 42.5 Å². The monoisotopic (exact) mass is 364 g/mol. The van der Waals surface area contributed by atoms with Crippen LogP contribution >= 0.6 is 0 Å². The summed E-state index contributed by atoms with van der Waals surface area (Å²) in [6.45, 7) is 3.47. The molecule has 0 saturated carbocycles. The zero-order valence-corrected chi connectivity index (χ0v) is 13.9. The number of carbonyl (C=O) groups is 3. The maximum absolute atomic E-state index is 12.3. The quantitative estimate of drug-likeness (QED) is 0.539. The van der Waals surface area contributed by atoms with Crippen LogP contribution in [-0.2, 0) is 30.6 Å². The zero-order valence-electron chi connectivity index (χ0n) is 13.1. The maximum Gasteiger partial charge on any atom is 0.330 e. The van der Waals surface area contributed by atoms with Gasteiger partial charge in [0.2, 0.25) is 5.91 Å². The van der Waals surface area contributed by atoms with Crippen molar-refractivity contribution in [3.05, 3.63) is 48.0 Å². The largest absolute Gasteiger partial charge is 0.479 e. The van der Waals surface area contributed by atoms with E-state index >= 15 is 0 Å². The van der Waals surface area contributed by atoms with E-state index < -0.39 is 50.8 Å². The van der Waals surface area contributed by atoms with Crippen molar-refractivity contribution in [1.82, 2.24) is 10.2 Å². The summed E-state index contributed by atoms with van der Waals surface area (Å²) in [6, 6.07) is 6.12. The lowest BCUT2D eigenvalue weighted by atomic mass is 9.98. The number of amides is 2. The molecule has 2 saturated heterocycles. The van der Waals surface area contributed by atoms with Gasteiger partial charge >= 0.3 is 5.97 Å². The number of hydrogen-bond donors (Lipinski definition) is 2. The van der Waals surface area contributed by atoms with Gasteiger partial charge in [-0.2, -0.15) is 0 Å². The Labute approximate surface area is 144 Å². The summed E-state index contributed by atoms with van der Waals surface area (Å²) in [5, 5.41) is 10.3. The highest BCUT2D eigenvalue weighted by molar-refractivity contribution is 7.92. The minimum atomic E-state index is -3.81. The summed E-state index contributed by atoms with van der Waals surface area (Å²) in [6.07, 6.45) is -0.00749. The lowest BCUT2D eigenvalue weighted by Crippen LogP contribution is -2.78. The van der Waals surface area contributed by atoms with Crippen LogP contribution in [0.3, 0.4) is 0 Å². The first-order valence-electron chi connectivity index (χ1n) is 7.50. The van der Waals surface area contributed by atoms with Gasteiger partial charge in [0.1, 0.15) is 6.04 Å². The van der Waals surface area contributed by atoms with Crippen LogP contribution in [0, 0.1) is 0 Å². The highest BCUT2D eigenvalue weighted by Gasteiger charge is 2.62. The predicted octanol–water partition coefficient (Wildman–Crippen LogP) is -0.680. The average Bonchev–Trinajstić information content (AvgIpc) is 2.52. The molecule has 0 spiro atoms. The number of carboxylic acids is 1. The van der Waals surface area contributed by atoms with E-state index in [1.165, 1.54) is 0 Å². The molecule has 2 amide bonds. The van der Waals surface area contributed by atoms with Gasteiger partial charge in [0.25, 0.3) is 5.91 Å². The van der Waals surface area contributed by atoms with E-state index in [-0.39, 0.29) is 12.0 Å². The second kappa shape index (κ2) is 5.99. The van der Waals surface area contributed by atoms with E-state index in [9.17, 15) is 27.9 Å². The minimum Gasteiger partial charge on any atom is -0.479 e. The number of nitrogens with zero attached hydrogens (tertiary/aromatic N) is 1. The summed E-state index contributed by atoms with van der Waals surface area (Å²) < 4.78 is 24.6. The highest BCUT2D eigenvalue weighted by Crippen LogP contribution is 2.36. The van der Waals surface area contributed by atoms with Gasteiger partial charge in [-0.25, -0.2) is 13.2 Å². The third kappa shape index (κ3) is 2.91. The number of aliphatic carboxylic acids is 1. The molecule has 0 bridgehead atoms. The Bertz CT molecular complexity index is 864. The Morgan fingerprint density at radius 2 is 1.92 bits per heavy atom. The first kappa shape index (κ1) is 17.2. The molecule has 1 aromatic carbocycles. The molecule has 2 heterocycles. The average molecular weight is 364 g/mol. The molecule has 3 rings (SSSR count). The number of carboxylic acid groups (broad SMARTS) is 1. The van der Waals surface area contributed by atoms with E-state index in [4.69, 9.17) is 0 Å². The van der Waals surface area contributed by atoms with Gasteiger partial charge in [-0.1, -0.05) is 36.9 Å². The molecule has 0 aliphatic carbocycles. The topological polar surface area (TPSA) is 121 Å². The second-order valence-corrected chi connectivity index (χ2v) is 8.15. The number of fused-ring (bicyclic) bond motifs is 1. The lowest BCUT2D eigenvalue weighted by molar-refractivity contribution is -0.160. The molecule has 8 nitrogen and oxygen atoms in total. The first-order valence-corrected chi connectivity index (χ1v) is 9.21. The molecular weight excluding hydrogens is 348 g/mol. The molecule has 0 aromatic heterocycles. The van der Waals surface area contributed by atoms with E-state index in [1.807, 2.05) is 0 Å². The van der Waals surface area contributed by atoms with Crippen molar-refractivity contribution < 1.29 is 27.9 Å². The van der Waals surface area contributed by atoms with Crippen molar-refractivity contribution in [2.24, 2.45) is 0 Å². The molecule has 25 heavy (non-hydrogen) atoms. The van der Waals surface area contributed by atoms with Crippen LogP contribution < -0.4 is 5.32 Å². The lowest BCUT2D eigenvalue weighted by Gasteiger charge is -2.51. The zero-order chi connectivity index (χ0) is 18.4. The van der Waals surface area contributed by atoms with Gasteiger partial charge in [-0.05, 0) is 11.1 Å². The predicted molar refractivity (Wildman–Crippen MR) is 87.1 cm³/mol. The third-order valence-corrected chi connectivity index (χ3v) is 6.27. The van der Waals surface area contributed by atoms with Crippen LogP contribution in [0.2, 0.25) is 0 Å². The first-order chi connectivity index (χ1) is 11.7. The van der Waals surface area contributed by atoms with Crippen molar-refractivity contribution in [2.45, 2.75) is 23.9 Å². The Kier molecular flexibility index (Phi) is 4.11. The van der Waals surface area contributed by atoms with Gasteiger partial charge in [0.15, 0.2) is 21.3 Å². The fraction of sp³-hybridized carbons (Fsp3) is 0.312. The Morgan fingerprint density at radius 3 is 2.52 bits per heavy atom. The van der Waals surface area contributed by atoms with Gasteiger partial charge in [0, 0.05) is 0 Å². The van der Waals surface area contributed by atoms with Crippen molar-refractivity contribution in [2.75, 3.05) is 5.75 Å². The summed E-state index contributed by atoms with van der Waals surface area (Å²) in [7, 11) is -3.81. The molecule has 0 radical (unpaired) electrons. The van der Waals surface area contributed by atoms with Gasteiger partial charge in [0.05, 0.1) is 12.2 Å². The molecule has 2 N–H and O–H groups in total. The molecule has 132 valence electrons. The van der Waals surface area contributed by atoms with Crippen LogP contribution in [0.1, 0.15) is 5.56 Å². The van der Waals surface area contributed by atoms with Crippen LogP contribution in [-0.4, -0.2) is 59.4 Å². The number of benzene rings is 1. The van der Waals surface area contributed by atoms with Crippen molar-refractivity contribution in [3.63, 3.8) is 0 Å². The molecular formula is C16H16N2O6S. The Morgan fingerprint density at radius 1 is 1.28 bits per heavy atom. The second-order valence-electron chi connectivity index (χ2n) is 6.05. The Balaban J connectivity index is 1.78. The number of sulfone groups is 1. The van der Waals surface area contributed by atoms with Crippen molar-refractivity contribution in [1.29, 1.82) is 0 Å². The summed E-state index contributed by atoms with van der Waals surface area (Å²) in [4.78, 5) is 36.5. The number of hydrogen-bond acceptors (Lipinski definition) is 5. The maximum atomic E-state index is 12.3. The van der Waals surface area contributed by atoms with E-state index in [2.05, 4.69) is 11.9 Å². The normalized spacial score (nSPS) is 27.2. The van der Waals surface area contributed by atoms with E-state index in [1.54, 1.807) is 30.3 Å². The minimum absolute atomic E-state index is 0.00749. The summed E-state index contributed by atoms with van der Waals surface area (Å²) in [5.74, 6) is -3.10. The van der Waals surface area contributed by atoms with Gasteiger partial charge < -0.3 is 15.3 Å². The van der Waals surface area contributed by atoms with Crippen molar-refractivity contribution in [3.8, 4) is 0 Å². The molecule has 2 aliphatic heterocycles. The number of nitrogens with one attached hydrogen (secondary N) is 1. The molecule has 0 unspecified atom stereocenters. The SMILES string of the molecule is C=C1CS(=O)(=O)[C@@H]2[C@H](NC(=O)Cc3ccccc3)C(=O)N2[C@H]1C(=O)O.